The topological polar surface area (TPSA) is 18.5 Å². The molecule has 1 aliphatic rings. The summed E-state index contributed by atoms with van der Waals surface area (Å²) in [7, 11) is 3.41. The van der Waals surface area contributed by atoms with Gasteiger partial charge >= 0.3 is 0 Å². The summed E-state index contributed by atoms with van der Waals surface area (Å²) in [6.45, 7) is 0. The van der Waals surface area contributed by atoms with Gasteiger partial charge < -0.3 is 9.47 Å². The van der Waals surface area contributed by atoms with Crippen LogP contribution in [0.25, 0.3) is 6.08 Å². The number of benzene rings is 2. The molecule has 0 spiro atoms. The zero-order chi connectivity index (χ0) is 14.7. The molecule has 2 aromatic rings. The monoisotopic (exact) mass is 280 g/mol. The summed E-state index contributed by atoms with van der Waals surface area (Å²) in [6.07, 6.45) is 6.59. The van der Waals surface area contributed by atoms with Gasteiger partial charge in [0.15, 0.2) is 0 Å². The second-order valence-electron chi connectivity index (χ2n) is 5.38. The Labute approximate surface area is 126 Å². The molecule has 0 radical (unpaired) electrons. The smallest absolute Gasteiger partial charge is 0.119 e. The summed E-state index contributed by atoms with van der Waals surface area (Å²) < 4.78 is 10.5. The van der Waals surface area contributed by atoms with Crippen molar-refractivity contribution in [2.24, 2.45) is 0 Å². The lowest BCUT2D eigenvalue weighted by molar-refractivity contribution is 0.414. The summed E-state index contributed by atoms with van der Waals surface area (Å²) in [5.41, 5.74) is 4.03. The normalized spacial score (nSPS) is 16.4. The lowest BCUT2D eigenvalue weighted by Crippen LogP contribution is -2.07. The molecule has 0 saturated carbocycles. The van der Waals surface area contributed by atoms with E-state index in [1.54, 1.807) is 14.2 Å². The standard InChI is InChI=1S/C19H20O2/c1-20-17-8-6-14(7-9-17)12-15-4-3-5-16-13-18(21-2)10-11-19(15)16/h3,5-11,13,15H,4,12H2,1-2H3/t15-/m1/s1. The van der Waals surface area contributed by atoms with Gasteiger partial charge in [-0.1, -0.05) is 30.4 Å². The molecule has 1 aliphatic carbocycles. The fourth-order valence-corrected chi connectivity index (χ4v) is 2.92. The first kappa shape index (κ1) is 13.7. The van der Waals surface area contributed by atoms with Crippen LogP contribution in [0.15, 0.2) is 48.5 Å². The average molecular weight is 280 g/mol. The molecule has 108 valence electrons. The number of rotatable bonds is 4. The Morgan fingerprint density at radius 1 is 0.952 bits per heavy atom. The van der Waals surface area contributed by atoms with E-state index in [-0.39, 0.29) is 0 Å². The van der Waals surface area contributed by atoms with E-state index in [2.05, 4.69) is 42.5 Å². The molecule has 0 heterocycles. The molecule has 1 atom stereocenters. The quantitative estimate of drug-likeness (QED) is 0.824. The third kappa shape index (κ3) is 2.94. The van der Waals surface area contributed by atoms with Crippen molar-refractivity contribution in [3.63, 3.8) is 0 Å². The lowest BCUT2D eigenvalue weighted by Gasteiger charge is -2.22. The van der Waals surface area contributed by atoms with Gasteiger partial charge in [-0.3, -0.25) is 0 Å². The van der Waals surface area contributed by atoms with Gasteiger partial charge in [-0.25, -0.2) is 0 Å². The van der Waals surface area contributed by atoms with Crippen LogP contribution in [-0.2, 0) is 6.42 Å². The van der Waals surface area contributed by atoms with Gasteiger partial charge in [-0.15, -0.1) is 0 Å². The molecule has 0 amide bonds. The number of methoxy groups -OCH3 is 2. The Balaban J connectivity index is 1.82. The van der Waals surface area contributed by atoms with E-state index in [9.17, 15) is 0 Å². The molecule has 2 heteroatoms. The maximum absolute atomic E-state index is 5.31. The van der Waals surface area contributed by atoms with Crippen LogP contribution in [0.5, 0.6) is 11.5 Å². The molecule has 0 aliphatic heterocycles. The molecule has 21 heavy (non-hydrogen) atoms. The van der Waals surface area contributed by atoms with E-state index >= 15 is 0 Å². The van der Waals surface area contributed by atoms with E-state index in [1.165, 1.54) is 16.7 Å². The molecular weight excluding hydrogens is 260 g/mol. The van der Waals surface area contributed by atoms with Crippen molar-refractivity contribution in [3.05, 3.63) is 65.2 Å². The second-order valence-corrected chi connectivity index (χ2v) is 5.38. The predicted molar refractivity (Wildman–Crippen MR) is 86.1 cm³/mol. The molecule has 0 fully saturated rings. The molecule has 0 saturated heterocycles. The summed E-state index contributed by atoms with van der Waals surface area (Å²) in [5, 5.41) is 0. The van der Waals surface area contributed by atoms with Crippen LogP contribution in [0.1, 0.15) is 29.0 Å². The highest BCUT2D eigenvalue weighted by Crippen LogP contribution is 2.34. The first-order valence-corrected chi connectivity index (χ1v) is 7.27. The third-order valence-corrected chi connectivity index (χ3v) is 4.09. The van der Waals surface area contributed by atoms with Crippen molar-refractivity contribution < 1.29 is 9.47 Å². The van der Waals surface area contributed by atoms with Gasteiger partial charge in [0, 0.05) is 0 Å². The minimum Gasteiger partial charge on any atom is -0.497 e. The molecule has 2 aromatic carbocycles. The van der Waals surface area contributed by atoms with Gasteiger partial charge in [-0.2, -0.15) is 0 Å². The molecular formula is C19H20O2. The van der Waals surface area contributed by atoms with Gasteiger partial charge in [0.05, 0.1) is 14.2 Å². The number of hydrogen-bond donors (Lipinski definition) is 0. The maximum Gasteiger partial charge on any atom is 0.119 e. The zero-order valence-electron chi connectivity index (χ0n) is 12.5. The van der Waals surface area contributed by atoms with Crippen molar-refractivity contribution in [3.8, 4) is 11.5 Å². The predicted octanol–water partition coefficient (Wildman–Crippen LogP) is 4.45. The number of fused-ring (bicyclic) bond motifs is 1. The van der Waals surface area contributed by atoms with Crippen LogP contribution >= 0.6 is 0 Å². The molecule has 0 unspecified atom stereocenters. The Kier molecular flexibility index (Phi) is 3.96. The Bertz CT molecular complexity index is 641. The van der Waals surface area contributed by atoms with E-state index in [0.717, 1.165) is 24.3 Å². The van der Waals surface area contributed by atoms with E-state index in [4.69, 9.17) is 9.47 Å². The maximum atomic E-state index is 5.31. The number of allylic oxidation sites excluding steroid dienone is 1. The van der Waals surface area contributed by atoms with Gasteiger partial charge in [0.1, 0.15) is 11.5 Å². The van der Waals surface area contributed by atoms with Crippen molar-refractivity contribution in [2.45, 2.75) is 18.8 Å². The van der Waals surface area contributed by atoms with Crippen LogP contribution in [-0.4, -0.2) is 14.2 Å². The van der Waals surface area contributed by atoms with E-state index in [0.29, 0.717) is 5.92 Å². The SMILES string of the molecule is COc1ccc(C[C@H]2CC=Cc3cc(OC)ccc32)cc1. The average Bonchev–Trinajstić information content (AvgIpc) is 2.55. The van der Waals surface area contributed by atoms with Crippen molar-refractivity contribution in [1.82, 2.24) is 0 Å². The highest BCUT2D eigenvalue weighted by Gasteiger charge is 2.18. The third-order valence-electron chi connectivity index (χ3n) is 4.09. The highest BCUT2D eigenvalue weighted by atomic mass is 16.5. The van der Waals surface area contributed by atoms with Crippen LogP contribution in [0.2, 0.25) is 0 Å². The van der Waals surface area contributed by atoms with Gasteiger partial charge in [0.2, 0.25) is 0 Å². The molecule has 3 rings (SSSR count). The molecule has 2 nitrogen and oxygen atoms in total. The van der Waals surface area contributed by atoms with E-state index in [1.807, 2.05) is 12.1 Å². The summed E-state index contributed by atoms with van der Waals surface area (Å²) in [4.78, 5) is 0. The molecule has 0 aromatic heterocycles. The largest absolute Gasteiger partial charge is 0.497 e. The minimum absolute atomic E-state index is 0.532. The van der Waals surface area contributed by atoms with Crippen LogP contribution < -0.4 is 9.47 Å². The first-order valence-electron chi connectivity index (χ1n) is 7.27. The first-order chi connectivity index (χ1) is 10.3. The minimum atomic E-state index is 0.532. The van der Waals surface area contributed by atoms with Crippen LogP contribution in [0, 0.1) is 0 Å². The molecule has 0 N–H and O–H groups in total. The van der Waals surface area contributed by atoms with Gasteiger partial charge in [0.25, 0.3) is 0 Å². The lowest BCUT2D eigenvalue weighted by atomic mass is 9.83. The van der Waals surface area contributed by atoms with Crippen molar-refractivity contribution in [2.75, 3.05) is 14.2 Å². The number of ether oxygens (including phenoxy) is 2. The summed E-state index contributed by atoms with van der Waals surface area (Å²) in [6, 6.07) is 14.7. The van der Waals surface area contributed by atoms with Gasteiger partial charge in [-0.05, 0) is 59.7 Å². The second kappa shape index (κ2) is 6.04. The number of hydrogen-bond acceptors (Lipinski definition) is 2. The Morgan fingerprint density at radius 2 is 1.67 bits per heavy atom. The van der Waals surface area contributed by atoms with Crippen molar-refractivity contribution in [1.29, 1.82) is 0 Å². The fraction of sp³-hybridized carbons (Fsp3) is 0.263. The molecule has 0 bridgehead atoms. The van der Waals surface area contributed by atoms with Crippen LogP contribution in [0.3, 0.4) is 0 Å². The highest BCUT2D eigenvalue weighted by molar-refractivity contribution is 5.60. The summed E-state index contributed by atoms with van der Waals surface area (Å²) in [5.74, 6) is 2.36. The van der Waals surface area contributed by atoms with E-state index < -0.39 is 0 Å². The zero-order valence-corrected chi connectivity index (χ0v) is 12.5. The van der Waals surface area contributed by atoms with Crippen LogP contribution in [0.4, 0.5) is 0 Å². The summed E-state index contributed by atoms with van der Waals surface area (Å²) >= 11 is 0. The Hall–Kier alpha value is -2.22. The fourth-order valence-electron chi connectivity index (χ4n) is 2.92. The Morgan fingerprint density at radius 3 is 2.38 bits per heavy atom. The van der Waals surface area contributed by atoms with Crippen molar-refractivity contribution >= 4 is 6.08 Å².